The third-order valence-electron chi connectivity index (χ3n) is 6.98. The molecule has 0 bridgehead atoms. The van der Waals surface area contributed by atoms with Crippen molar-refractivity contribution >= 4 is 17.7 Å². The van der Waals surface area contributed by atoms with Gasteiger partial charge < -0.3 is 20.1 Å². The third kappa shape index (κ3) is 6.53. The van der Waals surface area contributed by atoms with Crippen LogP contribution in [0.5, 0.6) is 11.5 Å². The molecule has 0 saturated carbocycles. The van der Waals surface area contributed by atoms with E-state index in [9.17, 15) is 24.9 Å². The molecule has 0 heterocycles. The molecule has 2 aromatic rings. The van der Waals surface area contributed by atoms with E-state index in [2.05, 4.69) is 11.9 Å². The van der Waals surface area contributed by atoms with Crippen LogP contribution in [0.1, 0.15) is 85.8 Å². The lowest BCUT2D eigenvalue weighted by Gasteiger charge is -2.32. The SMILES string of the molecule is C=C(C)C1CCC(C)=CC1c1c(O)c(NC(=O)OCc2ccccc2)c(CCCCC)c(C(=O)O)c1O. The molecule has 4 N–H and O–H groups in total. The Morgan fingerprint density at radius 1 is 1.14 bits per heavy atom. The number of carbonyl (C=O) groups excluding carboxylic acids is 1. The molecule has 0 radical (unpaired) electrons. The number of anilines is 1. The maximum Gasteiger partial charge on any atom is 0.412 e. The number of ether oxygens (including phenoxy) is 1. The molecule has 2 atom stereocenters. The highest BCUT2D eigenvalue weighted by atomic mass is 16.5. The molecule has 0 spiro atoms. The summed E-state index contributed by atoms with van der Waals surface area (Å²) >= 11 is 0. The zero-order valence-corrected chi connectivity index (χ0v) is 21.8. The highest BCUT2D eigenvalue weighted by Crippen LogP contribution is 2.51. The Hall–Kier alpha value is -3.74. The first-order chi connectivity index (χ1) is 17.6. The fourth-order valence-corrected chi connectivity index (χ4v) is 5.04. The minimum Gasteiger partial charge on any atom is -0.507 e. The zero-order chi connectivity index (χ0) is 27.1. The number of allylic oxidation sites excluding steroid dienone is 3. The number of benzene rings is 2. The van der Waals surface area contributed by atoms with E-state index in [0.29, 0.717) is 6.42 Å². The standard InChI is InChI=1S/C30H37NO6/c1-5-6-8-13-22-25(29(34)35)27(32)24(23-16-19(4)14-15-21(23)18(2)3)28(33)26(22)31-30(36)37-17-20-11-9-7-10-12-20/h7,9-12,16,21,23,32-33H,2,5-6,8,13-15,17H2,1,3-4H3,(H,31,36)(H,34,35). The van der Waals surface area contributed by atoms with Crippen molar-refractivity contribution in [3.63, 3.8) is 0 Å². The van der Waals surface area contributed by atoms with Gasteiger partial charge in [0, 0.05) is 11.5 Å². The van der Waals surface area contributed by atoms with Crippen molar-refractivity contribution in [2.75, 3.05) is 5.32 Å². The fraction of sp³-hybridized carbons (Fsp3) is 0.400. The van der Waals surface area contributed by atoms with Gasteiger partial charge in [-0.1, -0.05) is 73.9 Å². The molecule has 37 heavy (non-hydrogen) atoms. The normalized spacial score (nSPS) is 17.1. The number of phenolic OH excluding ortho intramolecular Hbond substituents is 1. The average Bonchev–Trinajstić information content (AvgIpc) is 2.85. The van der Waals surface area contributed by atoms with E-state index in [4.69, 9.17) is 4.74 Å². The lowest BCUT2D eigenvalue weighted by Crippen LogP contribution is -2.21. The van der Waals surface area contributed by atoms with Gasteiger partial charge in [0.15, 0.2) is 0 Å². The lowest BCUT2D eigenvalue weighted by atomic mass is 9.73. The summed E-state index contributed by atoms with van der Waals surface area (Å²) in [6.45, 7) is 9.97. The molecule has 1 aliphatic carbocycles. The Morgan fingerprint density at radius 2 is 1.84 bits per heavy atom. The van der Waals surface area contributed by atoms with Gasteiger partial charge in [-0.15, -0.1) is 0 Å². The summed E-state index contributed by atoms with van der Waals surface area (Å²) in [5, 5.41) is 35.5. The number of hydrogen-bond acceptors (Lipinski definition) is 5. The predicted molar refractivity (Wildman–Crippen MR) is 144 cm³/mol. The van der Waals surface area contributed by atoms with Gasteiger partial charge in [-0.2, -0.15) is 0 Å². The number of rotatable bonds is 10. The van der Waals surface area contributed by atoms with E-state index in [1.807, 2.05) is 57.2 Å². The van der Waals surface area contributed by atoms with Crippen molar-refractivity contribution in [1.82, 2.24) is 0 Å². The molecule has 7 nitrogen and oxygen atoms in total. The van der Waals surface area contributed by atoms with Gasteiger partial charge in [0.25, 0.3) is 0 Å². The quantitative estimate of drug-likeness (QED) is 0.116. The van der Waals surface area contributed by atoms with Crippen LogP contribution in [0.4, 0.5) is 10.5 Å². The van der Waals surface area contributed by atoms with Gasteiger partial charge >= 0.3 is 12.1 Å². The highest BCUT2D eigenvalue weighted by Gasteiger charge is 2.35. The second-order valence-corrected chi connectivity index (χ2v) is 9.82. The van der Waals surface area contributed by atoms with Crippen LogP contribution < -0.4 is 5.32 Å². The summed E-state index contributed by atoms with van der Waals surface area (Å²) in [5.41, 5.74) is 2.66. The monoisotopic (exact) mass is 507 g/mol. The van der Waals surface area contributed by atoms with Crippen LogP contribution in [0.15, 0.2) is 54.1 Å². The molecule has 2 unspecified atom stereocenters. The number of aromatic carboxylic acids is 1. The van der Waals surface area contributed by atoms with Gasteiger partial charge in [-0.25, -0.2) is 9.59 Å². The molecule has 0 aromatic heterocycles. The Kier molecular flexibility index (Phi) is 9.39. The van der Waals surface area contributed by atoms with Crippen molar-refractivity contribution in [1.29, 1.82) is 0 Å². The Labute approximate surface area is 218 Å². The largest absolute Gasteiger partial charge is 0.507 e. The molecule has 1 amide bonds. The number of carboxylic acid groups (broad SMARTS) is 1. The van der Waals surface area contributed by atoms with Gasteiger partial charge in [-0.05, 0) is 56.6 Å². The molecular formula is C30H37NO6. The summed E-state index contributed by atoms with van der Waals surface area (Å²) < 4.78 is 5.36. The first-order valence-electron chi connectivity index (χ1n) is 12.8. The van der Waals surface area contributed by atoms with Crippen LogP contribution in [-0.2, 0) is 17.8 Å². The van der Waals surface area contributed by atoms with Crippen LogP contribution >= 0.6 is 0 Å². The van der Waals surface area contributed by atoms with E-state index in [1.165, 1.54) is 0 Å². The molecule has 198 valence electrons. The van der Waals surface area contributed by atoms with Crippen molar-refractivity contribution < 1.29 is 29.6 Å². The lowest BCUT2D eigenvalue weighted by molar-refractivity contribution is 0.0692. The second-order valence-electron chi connectivity index (χ2n) is 9.82. The van der Waals surface area contributed by atoms with Crippen molar-refractivity contribution in [2.45, 2.75) is 71.8 Å². The van der Waals surface area contributed by atoms with Gasteiger partial charge in [0.2, 0.25) is 0 Å². The number of amides is 1. The van der Waals surface area contributed by atoms with Crippen LogP contribution in [-0.4, -0.2) is 27.4 Å². The average molecular weight is 508 g/mol. The minimum absolute atomic E-state index is 0.0115. The van der Waals surface area contributed by atoms with E-state index >= 15 is 0 Å². The minimum atomic E-state index is -1.32. The van der Waals surface area contributed by atoms with Crippen molar-refractivity contribution in [2.24, 2.45) is 5.92 Å². The fourth-order valence-electron chi connectivity index (χ4n) is 5.04. The maximum atomic E-state index is 12.8. The van der Waals surface area contributed by atoms with Crippen molar-refractivity contribution in [3.05, 3.63) is 76.4 Å². The summed E-state index contributed by atoms with van der Waals surface area (Å²) in [7, 11) is 0. The predicted octanol–water partition coefficient (Wildman–Crippen LogP) is 7.29. The Balaban J connectivity index is 2.12. The molecule has 0 fully saturated rings. The number of carboxylic acids is 1. The van der Waals surface area contributed by atoms with Gasteiger partial charge in [-0.3, -0.25) is 5.32 Å². The number of nitrogens with one attached hydrogen (secondary N) is 1. The molecule has 0 aliphatic heterocycles. The molecular weight excluding hydrogens is 470 g/mol. The van der Waals surface area contributed by atoms with Crippen molar-refractivity contribution in [3.8, 4) is 11.5 Å². The zero-order valence-electron chi connectivity index (χ0n) is 21.8. The highest BCUT2D eigenvalue weighted by molar-refractivity contribution is 5.99. The van der Waals surface area contributed by atoms with Crippen LogP contribution in [0.2, 0.25) is 0 Å². The van der Waals surface area contributed by atoms with E-state index in [1.54, 1.807) is 0 Å². The van der Waals surface area contributed by atoms with Crippen LogP contribution in [0, 0.1) is 5.92 Å². The number of phenols is 2. The summed E-state index contributed by atoms with van der Waals surface area (Å²) in [4.78, 5) is 25.2. The third-order valence-corrected chi connectivity index (χ3v) is 6.98. The van der Waals surface area contributed by atoms with Crippen LogP contribution in [0.25, 0.3) is 0 Å². The number of carbonyl (C=O) groups is 2. The van der Waals surface area contributed by atoms with Gasteiger partial charge in [0.1, 0.15) is 23.7 Å². The summed E-state index contributed by atoms with van der Waals surface area (Å²) in [6, 6.07) is 9.15. The molecule has 3 rings (SSSR count). The molecule has 2 aromatic carbocycles. The maximum absolute atomic E-state index is 12.8. The molecule has 0 saturated heterocycles. The Morgan fingerprint density at radius 3 is 2.46 bits per heavy atom. The first-order valence-corrected chi connectivity index (χ1v) is 12.8. The first kappa shape index (κ1) is 27.8. The molecule has 7 heteroatoms. The second kappa shape index (κ2) is 12.5. The number of hydrogen-bond donors (Lipinski definition) is 4. The summed E-state index contributed by atoms with van der Waals surface area (Å²) in [6.07, 6.45) is 5.31. The van der Waals surface area contributed by atoms with E-state index < -0.39 is 23.7 Å². The van der Waals surface area contributed by atoms with Gasteiger partial charge in [0.05, 0.1) is 5.69 Å². The number of unbranched alkanes of at least 4 members (excludes halogenated alkanes) is 2. The smallest absolute Gasteiger partial charge is 0.412 e. The number of aromatic hydroxyl groups is 2. The van der Waals surface area contributed by atoms with E-state index in [0.717, 1.165) is 42.4 Å². The Bertz CT molecular complexity index is 1180. The topological polar surface area (TPSA) is 116 Å². The molecule has 1 aliphatic rings. The van der Waals surface area contributed by atoms with E-state index in [-0.39, 0.29) is 47.1 Å². The van der Waals surface area contributed by atoms with Crippen LogP contribution in [0.3, 0.4) is 0 Å². The summed E-state index contributed by atoms with van der Waals surface area (Å²) in [5.74, 6) is -2.73.